The Labute approximate surface area is 121 Å². The molecule has 0 radical (unpaired) electrons. The van der Waals surface area contributed by atoms with Crippen LogP contribution in [0.4, 0.5) is 4.39 Å². The molecule has 2 nitrogen and oxygen atoms in total. The molecule has 19 heavy (non-hydrogen) atoms. The monoisotopic (exact) mass is 298 g/mol. The van der Waals surface area contributed by atoms with Crippen LogP contribution in [-0.4, -0.2) is 0 Å². The van der Waals surface area contributed by atoms with E-state index in [0.29, 0.717) is 11.4 Å². The molecule has 0 saturated heterocycles. The molecule has 3 N–H and O–H groups in total. The minimum Gasteiger partial charge on any atom is -0.271 e. The summed E-state index contributed by atoms with van der Waals surface area (Å²) in [7, 11) is 0. The highest BCUT2D eigenvalue weighted by Crippen LogP contribution is 2.29. The van der Waals surface area contributed by atoms with Crippen LogP contribution in [0.1, 0.15) is 29.0 Å². The molecule has 1 heterocycles. The van der Waals surface area contributed by atoms with Crippen molar-refractivity contribution >= 4 is 22.9 Å². The van der Waals surface area contributed by atoms with Crippen molar-refractivity contribution in [2.45, 2.75) is 25.8 Å². The summed E-state index contributed by atoms with van der Waals surface area (Å²) >= 11 is 7.74. The SMILES string of the molecule is CCc1ccsc1C(Cc1ccc(F)cc1Cl)NN. The fraction of sp³-hybridized carbons (Fsp3) is 0.286. The summed E-state index contributed by atoms with van der Waals surface area (Å²) in [5.74, 6) is 5.33. The highest BCUT2D eigenvalue weighted by molar-refractivity contribution is 7.10. The number of nitrogens with two attached hydrogens (primary N) is 1. The summed E-state index contributed by atoms with van der Waals surface area (Å²) in [6, 6.07) is 6.57. The molecule has 0 aliphatic heterocycles. The van der Waals surface area contributed by atoms with Crippen molar-refractivity contribution in [3.05, 3.63) is 56.5 Å². The number of aryl methyl sites for hydroxylation is 1. The van der Waals surface area contributed by atoms with Gasteiger partial charge in [-0.2, -0.15) is 0 Å². The standard InChI is InChI=1S/C14H16ClFN2S/c1-2-9-5-6-19-14(9)13(18-17)7-10-3-4-11(16)8-12(10)15/h3-6,8,13,18H,2,7,17H2,1H3. The average molecular weight is 299 g/mol. The van der Waals surface area contributed by atoms with Crippen molar-refractivity contribution in [2.24, 2.45) is 5.84 Å². The van der Waals surface area contributed by atoms with Gasteiger partial charge in [-0.15, -0.1) is 11.3 Å². The zero-order chi connectivity index (χ0) is 13.8. The molecule has 5 heteroatoms. The zero-order valence-corrected chi connectivity index (χ0v) is 12.2. The summed E-state index contributed by atoms with van der Waals surface area (Å²) in [5.41, 5.74) is 5.00. The average Bonchev–Trinajstić information content (AvgIpc) is 2.86. The van der Waals surface area contributed by atoms with E-state index in [1.54, 1.807) is 17.4 Å². The minimum atomic E-state index is -0.323. The number of hydrogen-bond donors (Lipinski definition) is 2. The van der Waals surface area contributed by atoms with Gasteiger partial charge in [0, 0.05) is 9.90 Å². The highest BCUT2D eigenvalue weighted by Gasteiger charge is 2.17. The molecule has 0 bridgehead atoms. The summed E-state index contributed by atoms with van der Waals surface area (Å²) in [5, 5.41) is 2.50. The van der Waals surface area contributed by atoms with Gasteiger partial charge in [0.05, 0.1) is 6.04 Å². The van der Waals surface area contributed by atoms with Crippen molar-refractivity contribution in [3.8, 4) is 0 Å². The lowest BCUT2D eigenvalue weighted by Crippen LogP contribution is -2.29. The van der Waals surface area contributed by atoms with E-state index in [1.165, 1.54) is 22.6 Å². The van der Waals surface area contributed by atoms with Gasteiger partial charge in [-0.1, -0.05) is 24.6 Å². The van der Waals surface area contributed by atoms with Crippen LogP contribution in [0.5, 0.6) is 0 Å². The van der Waals surface area contributed by atoms with E-state index < -0.39 is 0 Å². The highest BCUT2D eigenvalue weighted by atomic mass is 35.5. The molecule has 1 unspecified atom stereocenters. The minimum absolute atomic E-state index is 0.00193. The molecule has 0 aliphatic carbocycles. The molecule has 0 fully saturated rings. The van der Waals surface area contributed by atoms with Gasteiger partial charge in [-0.25, -0.2) is 4.39 Å². The molecule has 0 amide bonds. The van der Waals surface area contributed by atoms with Gasteiger partial charge in [-0.3, -0.25) is 11.3 Å². The van der Waals surface area contributed by atoms with Gasteiger partial charge in [0.25, 0.3) is 0 Å². The second-order valence-electron chi connectivity index (χ2n) is 4.32. The second kappa shape index (κ2) is 6.48. The third kappa shape index (κ3) is 3.34. The zero-order valence-electron chi connectivity index (χ0n) is 10.6. The number of nitrogens with one attached hydrogen (secondary N) is 1. The molecule has 1 aromatic carbocycles. The Morgan fingerprint density at radius 3 is 2.79 bits per heavy atom. The van der Waals surface area contributed by atoms with E-state index in [0.717, 1.165) is 12.0 Å². The van der Waals surface area contributed by atoms with Crippen LogP contribution in [0, 0.1) is 5.82 Å². The largest absolute Gasteiger partial charge is 0.271 e. The van der Waals surface area contributed by atoms with Gasteiger partial charge < -0.3 is 0 Å². The maximum absolute atomic E-state index is 13.0. The first kappa shape index (κ1) is 14.5. The first-order valence-electron chi connectivity index (χ1n) is 6.12. The number of thiophene rings is 1. The van der Waals surface area contributed by atoms with E-state index >= 15 is 0 Å². The van der Waals surface area contributed by atoms with Gasteiger partial charge >= 0.3 is 0 Å². The van der Waals surface area contributed by atoms with E-state index in [2.05, 4.69) is 23.8 Å². The van der Waals surface area contributed by atoms with Crippen molar-refractivity contribution in [3.63, 3.8) is 0 Å². The van der Waals surface area contributed by atoms with Crippen LogP contribution in [-0.2, 0) is 12.8 Å². The lowest BCUT2D eigenvalue weighted by molar-refractivity contribution is 0.556. The van der Waals surface area contributed by atoms with Gasteiger partial charge in [0.1, 0.15) is 5.82 Å². The Bertz CT molecular complexity index is 556. The summed E-state index contributed by atoms with van der Waals surface area (Å²) in [6.45, 7) is 2.12. The van der Waals surface area contributed by atoms with Crippen molar-refractivity contribution in [1.82, 2.24) is 5.43 Å². The molecular weight excluding hydrogens is 283 g/mol. The number of rotatable bonds is 5. The molecule has 0 spiro atoms. The van der Waals surface area contributed by atoms with E-state index in [4.69, 9.17) is 17.4 Å². The number of benzene rings is 1. The predicted molar refractivity (Wildman–Crippen MR) is 78.9 cm³/mol. The van der Waals surface area contributed by atoms with Crippen LogP contribution < -0.4 is 11.3 Å². The molecule has 0 aliphatic rings. The Hall–Kier alpha value is -0.940. The second-order valence-corrected chi connectivity index (χ2v) is 5.68. The van der Waals surface area contributed by atoms with Crippen LogP contribution in [0.2, 0.25) is 5.02 Å². The molecule has 0 saturated carbocycles. The maximum atomic E-state index is 13.0. The van der Waals surface area contributed by atoms with Gasteiger partial charge in [0.15, 0.2) is 0 Å². The van der Waals surface area contributed by atoms with E-state index in [1.807, 2.05) is 0 Å². The third-order valence-electron chi connectivity index (χ3n) is 3.12. The summed E-state index contributed by atoms with van der Waals surface area (Å²) < 4.78 is 13.0. The van der Waals surface area contributed by atoms with E-state index in [-0.39, 0.29) is 11.9 Å². The smallest absolute Gasteiger partial charge is 0.124 e. The number of hydrazine groups is 1. The quantitative estimate of drug-likeness (QED) is 0.650. The third-order valence-corrected chi connectivity index (χ3v) is 4.54. The molecule has 2 aromatic rings. The lowest BCUT2D eigenvalue weighted by atomic mass is 10.0. The van der Waals surface area contributed by atoms with Crippen LogP contribution >= 0.6 is 22.9 Å². The van der Waals surface area contributed by atoms with Crippen LogP contribution in [0.15, 0.2) is 29.6 Å². The Morgan fingerprint density at radius 2 is 2.16 bits per heavy atom. The van der Waals surface area contributed by atoms with E-state index in [9.17, 15) is 4.39 Å². The Morgan fingerprint density at radius 1 is 1.37 bits per heavy atom. The molecule has 1 aromatic heterocycles. The van der Waals surface area contributed by atoms with Gasteiger partial charge in [-0.05, 0) is 47.5 Å². The van der Waals surface area contributed by atoms with Crippen LogP contribution in [0.25, 0.3) is 0 Å². The lowest BCUT2D eigenvalue weighted by Gasteiger charge is -2.17. The molecule has 2 rings (SSSR count). The summed E-state index contributed by atoms with van der Waals surface area (Å²) in [6.07, 6.45) is 1.61. The van der Waals surface area contributed by atoms with Crippen molar-refractivity contribution in [2.75, 3.05) is 0 Å². The van der Waals surface area contributed by atoms with Gasteiger partial charge in [0.2, 0.25) is 0 Å². The van der Waals surface area contributed by atoms with Crippen LogP contribution in [0.3, 0.4) is 0 Å². The first-order valence-corrected chi connectivity index (χ1v) is 7.37. The number of halogens is 2. The maximum Gasteiger partial charge on any atom is 0.124 e. The Kier molecular flexibility index (Phi) is 4.93. The van der Waals surface area contributed by atoms with Crippen molar-refractivity contribution in [1.29, 1.82) is 0 Å². The van der Waals surface area contributed by atoms with Crippen molar-refractivity contribution < 1.29 is 4.39 Å². The number of hydrogen-bond acceptors (Lipinski definition) is 3. The normalized spacial score (nSPS) is 12.6. The first-order chi connectivity index (χ1) is 9.15. The molecule has 1 atom stereocenters. The molecular formula is C14H16ClFN2S. The Balaban J connectivity index is 2.24. The topological polar surface area (TPSA) is 38.0 Å². The molecule has 102 valence electrons. The summed E-state index contributed by atoms with van der Waals surface area (Å²) in [4.78, 5) is 1.21. The fourth-order valence-corrected chi connectivity index (χ4v) is 3.38. The predicted octanol–water partition coefficient (Wildman–Crippen LogP) is 3.85. The fourth-order valence-electron chi connectivity index (χ4n) is 2.08.